The Morgan fingerprint density at radius 3 is 2.52 bits per heavy atom. The fourth-order valence-corrected chi connectivity index (χ4v) is 2.39. The molecule has 0 unspecified atom stereocenters. The predicted octanol–water partition coefficient (Wildman–Crippen LogP) is 2.90. The van der Waals surface area contributed by atoms with E-state index >= 15 is 0 Å². The van der Waals surface area contributed by atoms with Gasteiger partial charge in [-0.3, -0.25) is 4.79 Å². The lowest BCUT2D eigenvalue weighted by molar-refractivity contribution is -0.127. The molecule has 0 aliphatic carbocycles. The molecule has 0 spiro atoms. The van der Waals surface area contributed by atoms with Crippen molar-refractivity contribution in [3.63, 3.8) is 0 Å². The van der Waals surface area contributed by atoms with Crippen molar-refractivity contribution in [2.75, 3.05) is 0 Å². The molecule has 0 radical (unpaired) electrons. The Kier molecular flexibility index (Phi) is 4.46. The number of aromatic amines is 1. The second-order valence-electron chi connectivity index (χ2n) is 4.18. The number of thiazole rings is 1. The minimum atomic E-state index is -4.52. The zero-order valence-electron chi connectivity index (χ0n) is 10.6. The number of carbonyl (C=O) groups excluding carboxylic acids is 1. The molecule has 0 saturated heterocycles. The molecule has 0 atom stereocenters. The predicted molar refractivity (Wildman–Crippen MR) is 70.3 cm³/mol. The molecule has 0 aliphatic rings. The van der Waals surface area contributed by atoms with Crippen molar-refractivity contribution in [1.82, 2.24) is 4.98 Å². The van der Waals surface area contributed by atoms with Crippen molar-refractivity contribution in [2.45, 2.75) is 19.2 Å². The Bertz CT molecular complexity index is 676. The van der Waals surface area contributed by atoms with Crippen LogP contribution in [0.5, 0.6) is 0 Å². The number of rotatable bonds is 4. The van der Waals surface area contributed by atoms with Gasteiger partial charge in [0.2, 0.25) is 0 Å². The van der Waals surface area contributed by atoms with Crippen LogP contribution >= 0.6 is 11.3 Å². The molecule has 1 aromatic heterocycles. The normalized spacial score (nSPS) is 11.4. The maximum atomic E-state index is 12.4. The number of benzene rings is 1. The summed E-state index contributed by atoms with van der Waals surface area (Å²) in [5.41, 5.74) is 0.238. The molecule has 2 rings (SSSR count). The van der Waals surface area contributed by atoms with E-state index in [9.17, 15) is 22.8 Å². The molecule has 21 heavy (non-hydrogen) atoms. The first kappa shape index (κ1) is 15.3. The minimum Gasteiger partial charge on any atom is -0.457 e. The van der Waals surface area contributed by atoms with Crippen LogP contribution in [0.4, 0.5) is 13.2 Å². The van der Waals surface area contributed by atoms with Gasteiger partial charge in [-0.05, 0) is 5.56 Å². The van der Waals surface area contributed by atoms with Gasteiger partial charge in [0.1, 0.15) is 11.5 Å². The number of aromatic nitrogens is 1. The second-order valence-corrected chi connectivity index (χ2v) is 5.16. The summed E-state index contributed by atoms with van der Waals surface area (Å²) in [6.45, 7) is -0.0722. The number of carbonyl (C=O) groups is 1. The van der Waals surface area contributed by atoms with Gasteiger partial charge in [-0.1, -0.05) is 41.7 Å². The minimum absolute atomic E-state index is 0.0722. The SMILES string of the molecule is O=C(OCc1ccccc1)c1sc(=O)[nH]c1CC(F)(F)F. The van der Waals surface area contributed by atoms with Crippen LogP contribution in [0.2, 0.25) is 0 Å². The van der Waals surface area contributed by atoms with E-state index in [1.165, 1.54) is 0 Å². The molecule has 0 amide bonds. The zero-order valence-corrected chi connectivity index (χ0v) is 11.4. The van der Waals surface area contributed by atoms with E-state index in [4.69, 9.17) is 4.74 Å². The number of halogens is 3. The van der Waals surface area contributed by atoms with Gasteiger partial charge in [0.05, 0.1) is 12.1 Å². The second kappa shape index (κ2) is 6.13. The monoisotopic (exact) mass is 317 g/mol. The van der Waals surface area contributed by atoms with Gasteiger partial charge in [-0.25, -0.2) is 4.79 Å². The standard InChI is InChI=1S/C13H10F3NO3S/c14-13(15,16)6-9-10(21-12(19)17-9)11(18)20-7-8-4-2-1-3-5-8/h1-5H,6-7H2,(H,17,19). The molecule has 1 aromatic carbocycles. The van der Waals surface area contributed by atoms with Crippen LogP contribution in [0, 0.1) is 0 Å². The molecule has 0 aliphatic heterocycles. The van der Waals surface area contributed by atoms with E-state index in [2.05, 4.69) is 0 Å². The summed E-state index contributed by atoms with van der Waals surface area (Å²) >= 11 is 0.413. The van der Waals surface area contributed by atoms with E-state index < -0.39 is 29.1 Å². The summed E-state index contributed by atoms with van der Waals surface area (Å²) in [5.74, 6) is -0.943. The van der Waals surface area contributed by atoms with Crippen molar-refractivity contribution in [3.8, 4) is 0 Å². The lowest BCUT2D eigenvalue weighted by Gasteiger charge is -2.07. The summed E-state index contributed by atoms with van der Waals surface area (Å²) < 4.78 is 42.1. The molecular weight excluding hydrogens is 307 g/mol. The molecule has 2 aromatic rings. The number of hydrogen-bond acceptors (Lipinski definition) is 4. The maximum Gasteiger partial charge on any atom is 0.394 e. The molecule has 1 N–H and O–H groups in total. The molecule has 4 nitrogen and oxygen atoms in total. The number of H-pyrrole nitrogens is 1. The topological polar surface area (TPSA) is 59.2 Å². The Hall–Kier alpha value is -2.09. The smallest absolute Gasteiger partial charge is 0.394 e. The van der Waals surface area contributed by atoms with Crippen LogP contribution in [0.25, 0.3) is 0 Å². The molecule has 0 bridgehead atoms. The van der Waals surface area contributed by atoms with Crippen LogP contribution in [-0.2, 0) is 17.8 Å². The third-order valence-corrected chi connectivity index (χ3v) is 3.40. The van der Waals surface area contributed by atoms with Gasteiger partial charge >= 0.3 is 17.0 Å². The van der Waals surface area contributed by atoms with Crippen LogP contribution in [-0.4, -0.2) is 17.1 Å². The summed E-state index contributed by atoms with van der Waals surface area (Å²) in [5, 5.41) is 0. The van der Waals surface area contributed by atoms with Crippen LogP contribution in [0.3, 0.4) is 0 Å². The quantitative estimate of drug-likeness (QED) is 0.882. The lowest BCUT2D eigenvalue weighted by Crippen LogP contribution is -2.15. The lowest BCUT2D eigenvalue weighted by atomic mass is 10.2. The Morgan fingerprint density at radius 2 is 1.90 bits per heavy atom. The van der Waals surface area contributed by atoms with Gasteiger partial charge in [0.15, 0.2) is 0 Å². The van der Waals surface area contributed by atoms with Gasteiger partial charge in [0.25, 0.3) is 0 Å². The van der Waals surface area contributed by atoms with Crippen LogP contribution in [0.15, 0.2) is 35.1 Å². The number of nitrogens with one attached hydrogen (secondary N) is 1. The van der Waals surface area contributed by atoms with E-state index in [-0.39, 0.29) is 11.5 Å². The largest absolute Gasteiger partial charge is 0.457 e. The van der Waals surface area contributed by atoms with Gasteiger partial charge < -0.3 is 9.72 Å². The highest BCUT2D eigenvalue weighted by Gasteiger charge is 2.32. The molecule has 0 saturated carbocycles. The Balaban J connectivity index is 2.10. The number of hydrogen-bond donors (Lipinski definition) is 1. The van der Waals surface area contributed by atoms with E-state index in [1.807, 2.05) is 4.98 Å². The number of alkyl halides is 3. The van der Waals surface area contributed by atoms with Crippen molar-refractivity contribution in [2.24, 2.45) is 0 Å². The van der Waals surface area contributed by atoms with Crippen LogP contribution < -0.4 is 4.87 Å². The van der Waals surface area contributed by atoms with Gasteiger partial charge in [-0.15, -0.1) is 0 Å². The van der Waals surface area contributed by atoms with Crippen molar-refractivity contribution >= 4 is 17.3 Å². The molecule has 112 valence electrons. The zero-order chi connectivity index (χ0) is 15.5. The summed E-state index contributed by atoms with van der Waals surface area (Å²) in [4.78, 5) is 23.9. The summed E-state index contributed by atoms with van der Waals surface area (Å²) in [7, 11) is 0. The number of ether oxygens (including phenoxy) is 1. The van der Waals surface area contributed by atoms with E-state index in [0.717, 1.165) is 0 Å². The molecule has 0 fully saturated rings. The molecule has 1 heterocycles. The Labute approximate surface area is 121 Å². The third kappa shape index (κ3) is 4.45. The van der Waals surface area contributed by atoms with Crippen LogP contribution in [0.1, 0.15) is 20.9 Å². The highest BCUT2D eigenvalue weighted by atomic mass is 32.1. The fourth-order valence-electron chi connectivity index (χ4n) is 1.64. The average Bonchev–Trinajstić information content (AvgIpc) is 2.76. The first-order valence-electron chi connectivity index (χ1n) is 5.85. The summed E-state index contributed by atoms with van der Waals surface area (Å²) in [6, 6.07) is 8.69. The van der Waals surface area contributed by atoms with E-state index in [0.29, 0.717) is 16.9 Å². The van der Waals surface area contributed by atoms with Gasteiger partial charge in [-0.2, -0.15) is 13.2 Å². The fraction of sp³-hybridized carbons (Fsp3) is 0.231. The first-order valence-corrected chi connectivity index (χ1v) is 6.66. The van der Waals surface area contributed by atoms with Crippen molar-refractivity contribution in [3.05, 3.63) is 56.1 Å². The maximum absolute atomic E-state index is 12.4. The van der Waals surface area contributed by atoms with E-state index in [1.54, 1.807) is 30.3 Å². The van der Waals surface area contributed by atoms with Crippen molar-refractivity contribution in [1.29, 1.82) is 0 Å². The highest BCUT2D eigenvalue weighted by molar-refractivity contribution is 7.11. The highest BCUT2D eigenvalue weighted by Crippen LogP contribution is 2.23. The molecular formula is C13H10F3NO3S. The average molecular weight is 317 g/mol. The van der Waals surface area contributed by atoms with Gasteiger partial charge in [0, 0.05) is 0 Å². The Morgan fingerprint density at radius 1 is 1.24 bits per heavy atom. The van der Waals surface area contributed by atoms with Crippen molar-refractivity contribution < 1.29 is 22.7 Å². The molecule has 8 heteroatoms. The number of esters is 1. The first-order chi connectivity index (χ1) is 9.85. The summed E-state index contributed by atoms with van der Waals surface area (Å²) in [6.07, 6.45) is -5.89. The third-order valence-electron chi connectivity index (χ3n) is 2.50.